The number of benzene rings is 2. The molecule has 0 aliphatic heterocycles. The van der Waals surface area contributed by atoms with E-state index in [0.717, 1.165) is 11.6 Å². The van der Waals surface area contributed by atoms with Crippen LogP contribution in [0.1, 0.15) is 36.9 Å². The summed E-state index contributed by atoms with van der Waals surface area (Å²) in [4.78, 5) is 0. The van der Waals surface area contributed by atoms with E-state index in [0.29, 0.717) is 43.1 Å². The van der Waals surface area contributed by atoms with E-state index in [1.807, 2.05) is 19.1 Å². The molecule has 0 aliphatic rings. The highest BCUT2D eigenvalue weighted by molar-refractivity contribution is 5.43. The van der Waals surface area contributed by atoms with Gasteiger partial charge in [-0.1, -0.05) is 12.1 Å². The van der Waals surface area contributed by atoms with Gasteiger partial charge in [-0.05, 0) is 37.1 Å². The Balaban J connectivity index is 2.01. The smallest absolute Gasteiger partial charge is 0.161 e. The molecule has 26 heavy (non-hydrogen) atoms. The highest BCUT2D eigenvalue weighted by Crippen LogP contribution is 2.28. The predicted octanol–water partition coefficient (Wildman–Crippen LogP) is 4.51. The van der Waals surface area contributed by atoms with E-state index in [4.69, 9.17) is 14.7 Å². The zero-order valence-electron chi connectivity index (χ0n) is 14.9. The molecule has 2 aromatic rings. The van der Waals surface area contributed by atoms with Gasteiger partial charge < -0.3 is 14.8 Å². The van der Waals surface area contributed by atoms with Crippen LogP contribution < -0.4 is 14.8 Å². The second-order valence-corrected chi connectivity index (χ2v) is 5.86. The van der Waals surface area contributed by atoms with Gasteiger partial charge in [0.05, 0.1) is 19.8 Å². The third-order valence-corrected chi connectivity index (χ3v) is 3.96. The minimum Gasteiger partial charge on any atom is -0.493 e. The monoisotopic (exact) mass is 360 g/mol. The number of nitriles is 1. The molecule has 6 heteroatoms. The predicted molar refractivity (Wildman–Crippen MR) is 94.9 cm³/mol. The molecule has 0 saturated heterocycles. The number of nitrogens with zero attached hydrogens (tertiary/aromatic N) is 1. The van der Waals surface area contributed by atoms with E-state index in [-0.39, 0.29) is 6.04 Å². The molecule has 138 valence electrons. The second kappa shape index (κ2) is 9.73. The average Bonchev–Trinajstić information content (AvgIpc) is 2.63. The summed E-state index contributed by atoms with van der Waals surface area (Å²) in [6.45, 7) is 2.73. The van der Waals surface area contributed by atoms with Crippen molar-refractivity contribution in [3.8, 4) is 17.6 Å². The first-order valence-electron chi connectivity index (χ1n) is 8.40. The van der Waals surface area contributed by atoms with E-state index >= 15 is 0 Å². The van der Waals surface area contributed by atoms with Crippen molar-refractivity contribution in [2.45, 2.75) is 32.4 Å². The summed E-state index contributed by atoms with van der Waals surface area (Å²) >= 11 is 0. The van der Waals surface area contributed by atoms with Crippen LogP contribution in [0.25, 0.3) is 0 Å². The van der Waals surface area contributed by atoms with Crippen molar-refractivity contribution in [2.24, 2.45) is 0 Å². The lowest BCUT2D eigenvalue weighted by atomic mass is 10.1. The Hall–Kier alpha value is -2.65. The third-order valence-electron chi connectivity index (χ3n) is 3.96. The molecule has 1 unspecified atom stereocenters. The quantitative estimate of drug-likeness (QED) is 0.669. The molecular weight excluding hydrogens is 338 g/mol. The number of hydrogen-bond donors (Lipinski definition) is 1. The van der Waals surface area contributed by atoms with Gasteiger partial charge in [-0.25, -0.2) is 8.78 Å². The van der Waals surface area contributed by atoms with Gasteiger partial charge in [0.25, 0.3) is 0 Å². The van der Waals surface area contributed by atoms with Gasteiger partial charge >= 0.3 is 0 Å². The molecule has 1 atom stereocenters. The van der Waals surface area contributed by atoms with Crippen LogP contribution >= 0.6 is 0 Å². The average molecular weight is 360 g/mol. The first-order valence-corrected chi connectivity index (χ1v) is 8.40. The van der Waals surface area contributed by atoms with Crippen molar-refractivity contribution in [2.75, 3.05) is 13.7 Å². The van der Waals surface area contributed by atoms with E-state index in [2.05, 4.69) is 11.4 Å². The number of hydrogen-bond acceptors (Lipinski definition) is 4. The Labute approximate surface area is 152 Å². The molecule has 0 saturated carbocycles. The maximum absolute atomic E-state index is 13.9. The fourth-order valence-electron chi connectivity index (χ4n) is 2.51. The molecule has 0 aliphatic carbocycles. The maximum atomic E-state index is 13.9. The van der Waals surface area contributed by atoms with Gasteiger partial charge in [-0.15, -0.1) is 0 Å². The molecule has 1 N–H and O–H groups in total. The normalized spacial score (nSPS) is 11.7. The summed E-state index contributed by atoms with van der Waals surface area (Å²) in [6, 6.07) is 10.9. The van der Waals surface area contributed by atoms with Gasteiger partial charge in [0.2, 0.25) is 0 Å². The van der Waals surface area contributed by atoms with Crippen LogP contribution in [-0.2, 0) is 6.54 Å². The minimum absolute atomic E-state index is 0.280. The lowest BCUT2D eigenvalue weighted by Gasteiger charge is -2.16. The summed E-state index contributed by atoms with van der Waals surface area (Å²) in [5.74, 6) is 0.0572. The summed E-state index contributed by atoms with van der Waals surface area (Å²) in [5, 5.41) is 11.8. The molecule has 0 amide bonds. The van der Waals surface area contributed by atoms with E-state index in [1.165, 1.54) is 12.1 Å². The molecule has 2 aromatic carbocycles. The van der Waals surface area contributed by atoms with Crippen LogP contribution in [0, 0.1) is 23.0 Å². The third kappa shape index (κ3) is 5.43. The first kappa shape index (κ1) is 19.7. The lowest BCUT2D eigenvalue weighted by molar-refractivity contribution is 0.290. The van der Waals surface area contributed by atoms with Gasteiger partial charge in [-0.2, -0.15) is 5.26 Å². The fourth-order valence-corrected chi connectivity index (χ4v) is 2.51. The van der Waals surface area contributed by atoms with Crippen molar-refractivity contribution in [1.82, 2.24) is 5.32 Å². The zero-order chi connectivity index (χ0) is 18.9. The summed E-state index contributed by atoms with van der Waals surface area (Å²) in [6.07, 6.45) is 1.08. The molecule has 0 fully saturated rings. The van der Waals surface area contributed by atoms with Crippen LogP contribution in [0.2, 0.25) is 0 Å². The molecule has 0 bridgehead atoms. The summed E-state index contributed by atoms with van der Waals surface area (Å²) in [7, 11) is 1.56. The van der Waals surface area contributed by atoms with E-state index < -0.39 is 11.6 Å². The number of ether oxygens (including phenoxy) is 2. The highest BCUT2D eigenvalue weighted by Gasteiger charge is 2.12. The topological polar surface area (TPSA) is 54.3 Å². The Bertz CT molecular complexity index is 775. The van der Waals surface area contributed by atoms with Crippen molar-refractivity contribution < 1.29 is 18.3 Å². The Morgan fingerprint density at radius 1 is 1.15 bits per heavy atom. The molecule has 0 aromatic heterocycles. The van der Waals surface area contributed by atoms with Crippen LogP contribution in [0.3, 0.4) is 0 Å². The maximum Gasteiger partial charge on any atom is 0.161 e. The number of halogens is 2. The van der Waals surface area contributed by atoms with Crippen molar-refractivity contribution >= 4 is 0 Å². The van der Waals surface area contributed by atoms with Crippen molar-refractivity contribution in [3.05, 3.63) is 59.2 Å². The minimum atomic E-state index is -0.591. The van der Waals surface area contributed by atoms with E-state index in [9.17, 15) is 8.78 Å². The largest absolute Gasteiger partial charge is 0.493 e. The fraction of sp³-hybridized carbons (Fsp3) is 0.350. The van der Waals surface area contributed by atoms with Crippen LogP contribution in [-0.4, -0.2) is 13.7 Å². The molecule has 0 heterocycles. The molecule has 4 nitrogen and oxygen atoms in total. The van der Waals surface area contributed by atoms with E-state index in [1.54, 1.807) is 13.2 Å². The second-order valence-electron chi connectivity index (χ2n) is 5.86. The van der Waals surface area contributed by atoms with Crippen LogP contribution in [0.5, 0.6) is 11.5 Å². The van der Waals surface area contributed by atoms with Gasteiger partial charge in [-0.3, -0.25) is 0 Å². The lowest BCUT2D eigenvalue weighted by Crippen LogP contribution is -2.19. The molecular formula is C20H22F2N2O2. The van der Waals surface area contributed by atoms with Gasteiger partial charge in [0, 0.05) is 30.6 Å². The molecule has 2 rings (SSSR count). The molecule has 0 radical (unpaired) electrons. The summed E-state index contributed by atoms with van der Waals surface area (Å²) < 4.78 is 37.8. The van der Waals surface area contributed by atoms with Gasteiger partial charge in [0.1, 0.15) is 11.6 Å². The SMILES string of the molecule is COc1ccc(CNC(C)c2ccc(F)cc2F)cc1OCCCC#N. The van der Waals surface area contributed by atoms with Crippen molar-refractivity contribution in [1.29, 1.82) is 5.26 Å². The van der Waals surface area contributed by atoms with Crippen molar-refractivity contribution in [3.63, 3.8) is 0 Å². The standard InChI is InChI=1S/C20H22F2N2O2/c1-14(17-7-6-16(21)12-18(17)22)24-13-15-5-8-19(25-2)20(11-15)26-10-4-3-9-23/h5-8,11-12,14,24H,3-4,10,13H2,1-2H3. The first-order chi connectivity index (χ1) is 12.5. The highest BCUT2D eigenvalue weighted by atomic mass is 19.1. The Morgan fingerprint density at radius 3 is 2.65 bits per heavy atom. The number of methoxy groups -OCH3 is 1. The van der Waals surface area contributed by atoms with Crippen LogP contribution in [0.4, 0.5) is 8.78 Å². The van der Waals surface area contributed by atoms with Crippen LogP contribution in [0.15, 0.2) is 36.4 Å². The number of nitrogens with one attached hydrogen (secondary N) is 1. The number of unbranched alkanes of at least 4 members (excludes halogenated alkanes) is 1. The van der Waals surface area contributed by atoms with Gasteiger partial charge in [0.15, 0.2) is 11.5 Å². The Kier molecular flexibility index (Phi) is 7.37. The number of rotatable bonds is 9. The summed E-state index contributed by atoms with van der Waals surface area (Å²) in [5.41, 5.74) is 1.35. The zero-order valence-corrected chi connectivity index (χ0v) is 14.9. The molecule has 0 spiro atoms. The Morgan fingerprint density at radius 2 is 1.96 bits per heavy atom.